The van der Waals surface area contributed by atoms with E-state index in [9.17, 15) is 8.42 Å². The highest BCUT2D eigenvalue weighted by Crippen LogP contribution is 2.19. The predicted molar refractivity (Wildman–Crippen MR) is 101 cm³/mol. The first-order valence-corrected chi connectivity index (χ1v) is 10.2. The van der Waals surface area contributed by atoms with E-state index in [-0.39, 0.29) is 11.4 Å². The van der Waals surface area contributed by atoms with Gasteiger partial charge in [0.05, 0.1) is 17.1 Å². The van der Waals surface area contributed by atoms with Gasteiger partial charge in [-0.05, 0) is 41.8 Å². The molecule has 7 heteroatoms. The van der Waals surface area contributed by atoms with Crippen molar-refractivity contribution in [3.63, 3.8) is 0 Å². The molecular formula is C19H20N4O2S. The average Bonchev–Trinajstić information content (AvgIpc) is 3.21. The second kappa shape index (κ2) is 7.01. The average molecular weight is 368 g/mol. The van der Waals surface area contributed by atoms with Crippen LogP contribution >= 0.6 is 0 Å². The zero-order chi connectivity index (χ0) is 18.0. The summed E-state index contributed by atoms with van der Waals surface area (Å²) >= 11 is 0. The molecule has 3 aromatic rings. The van der Waals surface area contributed by atoms with Gasteiger partial charge in [0.25, 0.3) is 0 Å². The monoisotopic (exact) mass is 368 g/mol. The molecule has 0 saturated carbocycles. The van der Waals surface area contributed by atoms with E-state index in [2.05, 4.69) is 19.6 Å². The number of hydrogen-bond donors (Lipinski definition) is 1. The van der Waals surface area contributed by atoms with Gasteiger partial charge in [0.1, 0.15) is 0 Å². The minimum atomic E-state index is -3.61. The van der Waals surface area contributed by atoms with E-state index in [0.717, 1.165) is 36.7 Å². The second-order valence-corrected chi connectivity index (χ2v) is 8.14. The highest BCUT2D eigenvalue weighted by atomic mass is 32.2. The molecule has 2 heterocycles. The smallest absolute Gasteiger partial charge is 0.240 e. The van der Waals surface area contributed by atoms with Crippen LogP contribution in [0.25, 0.3) is 10.8 Å². The minimum Gasteiger partial charge on any atom is -0.341 e. The lowest BCUT2D eigenvalue weighted by atomic mass is 10.1. The van der Waals surface area contributed by atoms with Crippen LogP contribution in [0.1, 0.15) is 18.5 Å². The van der Waals surface area contributed by atoms with Crippen molar-refractivity contribution in [2.45, 2.75) is 24.3 Å². The lowest BCUT2D eigenvalue weighted by molar-refractivity contribution is 0.580. The van der Waals surface area contributed by atoms with E-state index in [1.807, 2.05) is 30.3 Å². The molecule has 0 unspecified atom stereocenters. The summed E-state index contributed by atoms with van der Waals surface area (Å²) in [4.78, 5) is 11.2. The van der Waals surface area contributed by atoms with Crippen LogP contribution in [0.3, 0.4) is 0 Å². The van der Waals surface area contributed by atoms with Gasteiger partial charge in [0, 0.05) is 19.3 Å². The summed E-state index contributed by atoms with van der Waals surface area (Å²) in [5.41, 5.74) is 0.659. The highest BCUT2D eigenvalue weighted by molar-refractivity contribution is 7.89. The molecule has 0 spiro atoms. The fourth-order valence-electron chi connectivity index (χ4n) is 3.14. The Morgan fingerprint density at radius 3 is 2.58 bits per heavy atom. The summed E-state index contributed by atoms with van der Waals surface area (Å²) < 4.78 is 27.9. The number of sulfonamides is 1. The molecule has 1 aromatic heterocycles. The number of nitrogens with one attached hydrogen (secondary N) is 1. The molecule has 0 bridgehead atoms. The van der Waals surface area contributed by atoms with E-state index >= 15 is 0 Å². The molecule has 0 radical (unpaired) electrons. The lowest BCUT2D eigenvalue weighted by Crippen LogP contribution is -2.25. The normalized spacial score (nSPS) is 14.8. The van der Waals surface area contributed by atoms with Crippen molar-refractivity contribution in [3.8, 4) is 0 Å². The van der Waals surface area contributed by atoms with Crippen LogP contribution in [0.4, 0.5) is 5.95 Å². The molecular weight excluding hydrogens is 348 g/mol. The number of rotatable bonds is 5. The van der Waals surface area contributed by atoms with Gasteiger partial charge < -0.3 is 4.90 Å². The van der Waals surface area contributed by atoms with Crippen molar-refractivity contribution in [2.75, 3.05) is 18.0 Å². The Kier molecular flexibility index (Phi) is 4.57. The van der Waals surface area contributed by atoms with E-state index < -0.39 is 10.0 Å². The maximum absolute atomic E-state index is 12.6. The number of nitrogens with zero attached hydrogens (tertiary/aromatic N) is 3. The number of hydrogen-bond acceptors (Lipinski definition) is 5. The van der Waals surface area contributed by atoms with Crippen LogP contribution in [-0.4, -0.2) is 31.5 Å². The van der Waals surface area contributed by atoms with E-state index in [4.69, 9.17) is 0 Å². The van der Waals surface area contributed by atoms with Crippen LogP contribution in [0, 0.1) is 0 Å². The summed E-state index contributed by atoms with van der Waals surface area (Å²) in [6.45, 7) is 2.04. The van der Waals surface area contributed by atoms with Gasteiger partial charge in [-0.15, -0.1) is 0 Å². The van der Waals surface area contributed by atoms with E-state index in [1.54, 1.807) is 24.4 Å². The zero-order valence-corrected chi connectivity index (χ0v) is 15.1. The van der Waals surface area contributed by atoms with Crippen molar-refractivity contribution in [3.05, 3.63) is 60.4 Å². The van der Waals surface area contributed by atoms with Gasteiger partial charge in [0.2, 0.25) is 16.0 Å². The fraction of sp³-hybridized carbons (Fsp3) is 0.263. The third kappa shape index (κ3) is 3.54. The van der Waals surface area contributed by atoms with Crippen LogP contribution in [0.15, 0.2) is 59.6 Å². The predicted octanol–water partition coefficient (Wildman–Crippen LogP) is 2.71. The molecule has 26 heavy (non-hydrogen) atoms. The molecule has 1 fully saturated rings. The molecule has 0 amide bonds. The SMILES string of the molecule is O=S(=O)(NCc1ccnc(N2CCCC2)n1)c1ccc2ccccc2c1. The highest BCUT2D eigenvalue weighted by Gasteiger charge is 2.17. The summed E-state index contributed by atoms with van der Waals surface area (Å²) in [6, 6.07) is 14.6. The van der Waals surface area contributed by atoms with Gasteiger partial charge in [-0.2, -0.15) is 0 Å². The van der Waals surface area contributed by atoms with Crippen LogP contribution < -0.4 is 9.62 Å². The first kappa shape index (κ1) is 16.9. The Morgan fingerprint density at radius 2 is 1.77 bits per heavy atom. The quantitative estimate of drug-likeness (QED) is 0.749. The third-order valence-corrected chi connectivity index (χ3v) is 5.96. The summed E-state index contributed by atoms with van der Waals surface area (Å²) in [5, 5.41) is 1.91. The summed E-state index contributed by atoms with van der Waals surface area (Å²) in [7, 11) is -3.61. The zero-order valence-electron chi connectivity index (χ0n) is 14.3. The van der Waals surface area contributed by atoms with Gasteiger partial charge in [-0.25, -0.2) is 23.1 Å². The molecule has 1 saturated heterocycles. The van der Waals surface area contributed by atoms with Crippen molar-refractivity contribution in [1.82, 2.24) is 14.7 Å². The largest absolute Gasteiger partial charge is 0.341 e. The molecule has 134 valence electrons. The van der Waals surface area contributed by atoms with Crippen LogP contribution in [0.5, 0.6) is 0 Å². The van der Waals surface area contributed by atoms with Crippen molar-refractivity contribution in [1.29, 1.82) is 0 Å². The van der Waals surface area contributed by atoms with Gasteiger partial charge in [-0.1, -0.05) is 30.3 Å². The Morgan fingerprint density at radius 1 is 1.00 bits per heavy atom. The van der Waals surface area contributed by atoms with Crippen LogP contribution in [0.2, 0.25) is 0 Å². The van der Waals surface area contributed by atoms with Crippen molar-refractivity contribution in [2.24, 2.45) is 0 Å². The van der Waals surface area contributed by atoms with E-state index in [0.29, 0.717) is 11.6 Å². The number of benzene rings is 2. The number of fused-ring (bicyclic) bond motifs is 1. The lowest BCUT2D eigenvalue weighted by Gasteiger charge is -2.15. The molecule has 1 N–H and O–H groups in total. The maximum Gasteiger partial charge on any atom is 0.240 e. The summed E-state index contributed by atoms with van der Waals surface area (Å²) in [6.07, 6.45) is 3.96. The molecule has 2 aromatic carbocycles. The molecule has 1 aliphatic rings. The fourth-order valence-corrected chi connectivity index (χ4v) is 4.17. The Labute approximate surface area is 152 Å². The molecule has 0 atom stereocenters. The standard InChI is InChI=1S/C19H20N4O2S/c24-26(25,18-8-7-15-5-1-2-6-16(15)13-18)21-14-17-9-10-20-19(22-17)23-11-3-4-12-23/h1-2,5-10,13,21H,3-4,11-12,14H2. The Hall–Kier alpha value is -2.51. The first-order chi connectivity index (χ1) is 12.6. The number of aromatic nitrogens is 2. The van der Waals surface area contributed by atoms with Crippen molar-refractivity contribution >= 4 is 26.7 Å². The summed E-state index contributed by atoms with van der Waals surface area (Å²) in [5.74, 6) is 0.671. The topological polar surface area (TPSA) is 75.2 Å². The van der Waals surface area contributed by atoms with Crippen LogP contribution in [-0.2, 0) is 16.6 Å². The third-order valence-electron chi connectivity index (χ3n) is 4.56. The van der Waals surface area contributed by atoms with E-state index in [1.165, 1.54) is 0 Å². The minimum absolute atomic E-state index is 0.137. The molecule has 4 rings (SSSR count). The Bertz CT molecular complexity index is 1030. The van der Waals surface area contributed by atoms with Crippen molar-refractivity contribution < 1.29 is 8.42 Å². The van der Waals surface area contributed by atoms with Gasteiger partial charge in [0.15, 0.2) is 0 Å². The Balaban J connectivity index is 1.51. The maximum atomic E-state index is 12.6. The molecule has 6 nitrogen and oxygen atoms in total. The molecule has 1 aliphatic heterocycles. The second-order valence-electron chi connectivity index (χ2n) is 6.38. The first-order valence-electron chi connectivity index (χ1n) is 8.67. The molecule has 0 aliphatic carbocycles. The van der Waals surface area contributed by atoms with Gasteiger partial charge >= 0.3 is 0 Å². The van der Waals surface area contributed by atoms with Gasteiger partial charge in [-0.3, -0.25) is 0 Å². The number of anilines is 1.